The van der Waals surface area contributed by atoms with Crippen LogP contribution in [-0.2, 0) is 0 Å². The zero-order valence-corrected chi connectivity index (χ0v) is 13.5. The molecule has 0 bridgehead atoms. The van der Waals surface area contributed by atoms with Gasteiger partial charge in [0.05, 0.1) is 11.1 Å². The van der Waals surface area contributed by atoms with Crippen LogP contribution in [0.3, 0.4) is 0 Å². The highest BCUT2D eigenvalue weighted by Gasteiger charge is 2.24. The van der Waals surface area contributed by atoms with Gasteiger partial charge in [0, 0.05) is 38.6 Å². The van der Waals surface area contributed by atoms with E-state index in [1.807, 2.05) is 4.90 Å². The number of piperazine rings is 1. The summed E-state index contributed by atoms with van der Waals surface area (Å²) >= 11 is 0. The van der Waals surface area contributed by atoms with E-state index < -0.39 is 5.91 Å². The third-order valence-electron chi connectivity index (χ3n) is 4.10. The van der Waals surface area contributed by atoms with E-state index in [9.17, 15) is 9.59 Å². The molecule has 1 saturated heterocycles. The number of primary amides is 1. The molecular formula is C17H19N5O2. The summed E-state index contributed by atoms with van der Waals surface area (Å²) in [4.78, 5) is 36.1. The predicted octanol–water partition coefficient (Wildman–Crippen LogP) is 1.10. The standard InChI is InChI=1S/C17H19N5O2/c1-12(23)13-4-2-6-19-16(13)21-8-10-22(11-9-21)17-14(15(18)24)5-3-7-20-17/h2-7H,8-11H2,1H3,(H2,18,24). The van der Waals surface area contributed by atoms with E-state index in [1.165, 1.54) is 0 Å². The number of amides is 1. The van der Waals surface area contributed by atoms with Gasteiger partial charge in [0.25, 0.3) is 5.91 Å². The number of carbonyl (C=O) groups excluding carboxylic acids is 2. The smallest absolute Gasteiger partial charge is 0.252 e. The lowest BCUT2D eigenvalue weighted by Gasteiger charge is -2.37. The Bertz CT molecular complexity index is 704. The fraction of sp³-hybridized carbons (Fsp3) is 0.294. The van der Waals surface area contributed by atoms with Gasteiger partial charge in [-0.3, -0.25) is 9.59 Å². The molecule has 2 aromatic rings. The van der Waals surface area contributed by atoms with Crippen molar-refractivity contribution in [2.45, 2.75) is 6.92 Å². The Labute approximate surface area is 140 Å². The van der Waals surface area contributed by atoms with Crippen LogP contribution >= 0.6 is 0 Å². The minimum absolute atomic E-state index is 0.00118. The van der Waals surface area contributed by atoms with Crippen LogP contribution in [0.2, 0.25) is 0 Å². The van der Waals surface area contributed by atoms with Crippen molar-refractivity contribution in [2.75, 3.05) is 36.0 Å². The molecule has 3 rings (SSSR count). The molecule has 1 aliphatic rings. The molecule has 0 aromatic carbocycles. The van der Waals surface area contributed by atoms with Crippen LogP contribution < -0.4 is 15.5 Å². The second kappa shape index (κ2) is 6.66. The average molecular weight is 325 g/mol. The number of carbonyl (C=O) groups is 2. The maximum Gasteiger partial charge on any atom is 0.252 e. The number of nitrogens with two attached hydrogens (primary N) is 1. The summed E-state index contributed by atoms with van der Waals surface area (Å²) in [6.45, 7) is 4.26. The third-order valence-corrected chi connectivity index (χ3v) is 4.10. The summed E-state index contributed by atoms with van der Waals surface area (Å²) in [5, 5.41) is 0. The molecule has 1 amide bonds. The molecule has 2 N–H and O–H groups in total. The van der Waals surface area contributed by atoms with Crippen molar-refractivity contribution in [3.05, 3.63) is 47.8 Å². The molecule has 7 heteroatoms. The quantitative estimate of drug-likeness (QED) is 0.847. The number of Topliss-reactive ketones (excluding diaryl/α,β-unsaturated/α-hetero) is 1. The van der Waals surface area contributed by atoms with E-state index in [0.717, 1.165) is 0 Å². The van der Waals surface area contributed by atoms with Crippen molar-refractivity contribution in [2.24, 2.45) is 5.73 Å². The number of pyridine rings is 2. The molecule has 1 aliphatic heterocycles. The van der Waals surface area contributed by atoms with Crippen LogP contribution in [0.1, 0.15) is 27.6 Å². The van der Waals surface area contributed by atoms with E-state index in [2.05, 4.69) is 14.9 Å². The number of anilines is 2. The summed E-state index contributed by atoms with van der Waals surface area (Å²) in [7, 11) is 0. The SMILES string of the molecule is CC(=O)c1cccnc1N1CCN(c2ncccc2C(N)=O)CC1. The van der Waals surface area contributed by atoms with Gasteiger partial charge in [-0.2, -0.15) is 0 Å². The van der Waals surface area contributed by atoms with Gasteiger partial charge in [0.1, 0.15) is 11.6 Å². The summed E-state index contributed by atoms with van der Waals surface area (Å²) in [5.74, 6) is 0.837. The molecule has 124 valence electrons. The Hall–Kier alpha value is -2.96. The minimum Gasteiger partial charge on any atom is -0.365 e. The lowest BCUT2D eigenvalue weighted by atomic mass is 10.1. The van der Waals surface area contributed by atoms with Crippen LogP contribution in [0.4, 0.5) is 11.6 Å². The monoisotopic (exact) mass is 325 g/mol. The minimum atomic E-state index is -0.482. The number of aromatic nitrogens is 2. The maximum absolute atomic E-state index is 11.8. The Morgan fingerprint density at radius 3 is 1.83 bits per heavy atom. The molecule has 0 aliphatic carbocycles. The first-order chi connectivity index (χ1) is 11.6. The highest BCUT2D eigenvalue weighted by atomic mass is 16.1. The second-order valence-electron chi connectivity index (χ2n) is 5.64. The number of rotatable bonds is 4. The van der Waals surface area contributed by atoms with Crippen molar-refractivity contribution in [1.29, 1.82) is 0 Å². The van der Waals surface area contributed by atoms with Crippen LogP contribution in [0, 0.1) is 0 Å². The fourth-order valence-electron chi connectivity index (χ4n) is 2.90. The van der Waals surface area contributed by atoms with Crippen molar-refractivity contribution < 1.29 is 9.59 Å². The highest BCUT2D eigenvalue weighted by Crippen LogP contribution is 2.23. The van der Waals surface area contributed by atoms with Crippen LogP contribution in [-0.4, -0.2) is 47.8 Å². The Morgan fingerprint density at radius 2 is 1.38 bits per heavy atom. The first-order valence-corrected chi connectivity index (χ1v) is 7.78. The Balaban J connectivity index is 1.78. The topological polar surface area (TPSA) is 92.4 Å². The normalized spacial score (nSPS) is 14.5. The first-order valence-electron chi connectivity index (χ1n) is 7.78. The molecule has 3 heterocycles. The summed E-state index contributed by atoms with van der Waals surface area (Å²) in [6.07, 6.45) is 3.35. The number of ketones is 1. The van der Waals surface area contributed by atoms with Gasteiger partial charge in [0.15, 0.2) is 5.78 Å². The first kappa shape index (κ1) is 15.9. The lowest BCUT2D eigenvalue weighted by Crippen LogP contribution is -2.48. The van der Waals surface area contributed by atoms with Gasteiger partial charge >= 0.3 is 0 Å². The molecule has 7 nitrogen and oxygen atoms in total. The molecule has 1 fully saturated rings. The van der Waals surface area contributed by atoms with Gasteiger partial charge in [-0.05, 0) is 31.2 Å². The predicted molar refractivity (Wildman–Crippen MR) is 91.4 cm³/mol. The van der Waals surface area contributed by atoms with E-state index >= 15 is 0 Å². The van der Waals surface area contributed by atoms with Gasteiger partial charge in [0.2, 0.25) is 0 Å². The third kappa shape index (κ3) is 3.05. The van der Waals surface area contributed by atoms with Crippen molar-refractivity contribution in [1.82, 2.24) is 9.97 Å². The van der Waals surface area contributed by atoms with Gasteiger partial charge < -0.3 is 15.5 Å². The number of hydrogen-bond donors (Lipinski definition) is 1. The lowest BCUT2D eigenvalue weighted by molar-refractivity contribution is 0.0996. The molecule has 24 heavy (non-hydrogen) atoms. The van der Waals surface area contributed by atoms with Crippen molar-refractivity contribution in [3.63, 3.8) is 0 Å². The van der Waals surface area contributed by atoms with Gasteiger partial charge in [-0.15, -0.1) is 0 Å². The van der Waals surface area contributed by atoms with E-state index in [0.29, 0.717) is 48.9 Å². The van der Waals surface area contributed by atoms with Crippen molar-refractivity contribution >= 4 is 23.3 Å². The summed E-state index contributed by atoms with van der Waals surface area (Å²) < 4.78 is 0. The van der Waals surface area contributed by atoms with Crippen LogP contribution in [0.5, 0.6) is 0 Å². The second-order valence-corrected chi connectivity index (χ2v) is 5.64. The summed E-state index contributed by atoms with van der Waals surface area (Å²) in [6, 6.07) is 6.95. The molecule has 2 aromatic heterocycles. The molecule has 0 radical (unpaired) electrons. The fourth-order valence-corrected chi connectivity index (χ4v) is 2.90. The Kier molecular flexibility index (Phi) is 4.41. The zero-order chi connectivity index (χ0) is 17.1. The number of nitrogens with zero attached hydrogens (tertiary/aromatic N) is 4. The Morgan fingerprint density at radius 1 is 0.917 bits per heavy atom. The largest absolute Gasteiger partial charge is 0.365 e. The van der Waals surface area contributed by atoms with Gasteiger partial charge in [-0.25, -0.2) is 9.97 Å². The van der Waals surface area contributed by atoms with E-state index in [1.54, 1.807) is 43.6 Å². The molecule has 0 atom stereocenters. The maximum atomic E-state index is 11.8. The van der Waals surface area contributed by atoms with Crippen LogP contribution in [0.15, 0.2) is 36.7 Å². The van der Waals surface area contributed by atoms with E-state index in [4.69, 9.17) is 5.73 Å². The molecule has 0 spiro atoms. The zero-order valence-electron chi connectivity index (χ0n) is 13.5. The van der Waals surface area contributed by atoms with Crippen LogP contribution in [0.25, 0.3) is 0 Å². The van der Waals surface area contributed by atoms with E-state index in [-0.39, 0.29) is 5.78 Å². The molecule has 0 saturated carbocycles. The average Bonchev–Trinajstić information content (AvgIpc) is 2.62. The number of hydrogen-bond acceptors (Lipinski definition) is 6. The van der Waals surface area contributed by atoms with Crippen molar-refractivity contribution in [3.8, 4) is 0 Å². The summed E-state index contributed by atoms with van der Waals surface area (Å²) in [5.41, 5.74) is 6.48. The molecular weight excluding hydrogens is 306 g/mol. The molecule has 0 unspecified atom stereocenters. The highest BCUT2D eigenvalue weighted by molar-refractivity contribution is 5.99. The van der Waals surface area contributed by atoms with Gasteiger partial charge in [-0.1, -0.05) is 0 Å².